The smallest absolute Gasteiger partial charge is 0.105 e. The highest BCUT2D eigenvalue weighted by atomic mass is 32.1. The van der Waals surface area contributed by atoms with Crippen molar-refractivity contribution in [3.63, 3.8) is 0 Å². The molecule has 0 bridgehead atoms. The predicted molar refractivity (Wildman–Crippen MR) is 54.5 cm³/mol. The van der Waals surface area contributed by atoms with Gasteiger partial charge in [-0.25, -0.2) is 4.98 Å². The van der Waals surface area contributed by atoms with Crippen LogP contribution in [0, 0.1) is 6.92 Å². The zero-order valence-electron chi connectivity index (χ0n) is 7.19. The SMILES string of the molecule is Cc1ncsc1-c1ncccc1N. The van der Waals surface area contributed by atoms with E-state index in [9.17, 15) is 0 Å². The van der Waals surface area contributed by atoms with E-state index in [1.807, 2.05) is 19.1 Å². The Morgan fingerprint density at radius 1 is 1.38 bits per heavy atom. The third-order valence-corrected chi connectivity index (χ3v) is 2.73. The van der Waals surface area contributed by atoms with Crippen molar-refractivity contribution in [1.29, 1.82) is 0 Å². The van der Waals surface area contributed by atoms with Crippen LogP contribution in [0.3, 0.4) is 0 Å². The second-order valence-electron chi connectivity index (χ2n) is 2.71. The predicted octanol–water partition coefficient (Wildman–Crippen LogP) is 2.10. The van der Waals surface area contributed by atoms with Gasteiger partial charge < -0.3 is 5.73 Å². The molecule has 0 saturated carbocycles. The van der Waals surface area contributed by atoms with E-state index < -0.39 is 0 Å². The number of rotatable bonds is 1. The summed E-state index contributed by atoms with van der Waals surface area (Å²) in [7, 11) is 0. The summed E-state index contributed by atoms with van der Waals surface area (Å²) in [6.45, 7) is 1.96. The number of nitrogens with zero attached hydrogens (tertiary/aromatic N) is 2. The Hall–Kier alpha value is -1.42. The lowest BCUT2D eigenvalue weighted by Gasteiger charge is -2.00. The van der Waals surface area contributed by atoms with Gasteiger partial charge in [0, 0.05) is 6.20 Å². The molecule has 0 amide bonds. The van der Waals surface area contributed by atoms with Gasteiger partial charge in [0.2, 0.25) is 0 Å². The van der Waals surface area contributed by atoms with Crippen molar-refractivity contribution >= 4 is 17.0 Å². The zero-order valence-corrected chi connectivity index (χ0v) is 8.01. The molecule has 2 N–H and O–H groups in total. The second-order valence-corrected chi connectivity index (χ2v) is 3.56. The summed E-state index contributed by atoms with van der Waals surface area (Å²) in [6.07, 6.45) is 1.74. The van der Waals surface area contributed by atoms with E-state index in [2.05, 4.69) is 9.97 Å². The first-order valence-corrected chi connectivity index (χ1v) is 4.78. The van der Waals surface area contributed by atoms with Gasteiger partial charge in [0.1, 0.15) is 5.69 Å². The number of pyridine rings is 1. The van der Waals surface area contributed by atoms with Crippen LogP contribution >= 0.6 is 11.3 Å². The van der Waals surface area contributed by atoms with Crippen LogP contribution in [-0.2, 0) is 0 Å². The van der Waals surface area contributed by atoms with Gasteiger partial charge in [0.15, 0.2) is 0 Å². The van der Waals surface area contributed by atoms with Crippen molar-refractivity contribution < 1.29 is 0 Å². The van der Waals surface area contributed by atoms with Crippen LogP contribution in [0.4, 0.5) is 5.69 Å². The van der Waals surface area contributed by atoms with Crippen LogP contribution in [0.5, 0.6) is 0 Å². The lowest BCUT2D eigenvalue weighted by Crippen LogP contribution is -1.91. The molecule has 0 saturated heterocycles. The summed E-state index contributed by atoms with van der Waals surface area (Å²) in [5.41, 5.74) is 10.1. The molecule has 3 nitrogen and oxygen atoms in total. The number of hydrogen-bond donors (Lipinski definition) is 1. The Balaban J connectivity index is 2.59. The molecule has 0 aliphatic carbocycles. The zero-order chi connectivity index (χ0) is 9.26. The number of aromatic nitrogens is 2. The fourth-order valence-corrected chi connectivity index (χ4v) is 1.96. The molecule has 0 aromatic carbocycles. The van der Waals surface area contributed by atoms with Crippen molar-refractivity contribution in [2.45, 2.75) is 6.92 Å². The van der Waals surface area contributed by atoms with Crippen LogP contribution in [0.2, 0.25) is 0 Å². The number of nitrogen functional groups attached to an aromatic ring is 1. The third-order valence-electron chi connectivity index (χ3n) is 1.80. The average molecular weight is 191 g/mol. The maximum Gasteiger partial charge on any atom is 0.105 e. The van der Waals surface area contributed by atoms with Crippen molar-refractivity contribution in [3.05, 3.63) is 29.5 Å². The molecule has 2 heterocycles. The molecule has 0 aliphatic heterocycles. The molecule has 4 heteroatoms. The highest BCUT2D eigenvalue weighted by molar-refractivity contribution is 7.13. The Labute approximate surface area is 80.3 Å². The lowest BCUT2D eigenvalue weighted by molar-refractivity contribution is 1.25. The van der Waals surface area contributed by atoms with Gasteiger partial charge in [-0.3, -0.25) is 4.98 Å². The van der Waals surface area contributed by atoms with Crippen LogP contribution in [0.25, 0.3) is 10.6 Å². The van der Waals surface area contributed by atoms with Crippen molar-refractivity contribution in [2.24, 2.45) is 0 Å². The Morgan fingerprint density at radius 3 is 2.85 bits per heavy atom. The number of aryl methyl sites for hydroxylation is 1. The monoisotopic (exact) mass is 191 g/mol. The average Bonchev–Trinajstić information content (AvgIpc) is 2.52. The van der Waals surface area contributed by atoms with E-state index >= 15 is 0 Å². The normalized spacial score (nSPS) is 10.2. The molecule has 13 heavy (non-hydrogen) atoms. The van der Waals surface area contributed by atoms with Crippen molar-refractivity contribution in [1.82, 2.24) is 9.97 Å². The summed E-state index contributed by atoms with van der Waals surface area (Å²) in [4.78, 5) is 9.44. The van der Waals surface area contributed by atoms with E-state index in [-0.39, 0.29) is 0 Å². The fraction of sp³-hybridized carbons (Fsp3) is 0.111. The van der Waals surface area contributed by atoms with Gasteiger partial charge in [-0.05, 0) is 19.1 Å². The molecule has 0 aliphatic rings. The summed E-state index contributed by atoms with van der Waals surface area (Å²) in [6, 6.07) is 3.68. The van der Waals surface area contributed by atoms with Gasteiger partial charge >= 0.3 is 0 Å². The van der Waals surface area contributed by atoms with Crippen LogP contribution < -0.4 is 5.73 Å². The standard InChI is InChI=1S/C9H9N3S/c1-6-9(13-5-12-6)8-7(10)3-2-4-11-8/h2-5H,10H2,1H3. The van der Waals surface area contributed by atoms with Crippen molar-refractivity contribution in [3.8, 4) is 10.6 Å². The van der Waals surface area contributed by atoms with E-state index in [1.54, 1.807) is 23.0 Å². The molecule has 2 aromatic heterocycles. The summed E-state index contributed by atoms with van der Waals surface area (Å²) in [5.74, 6) is 0. The molecule has 0 radical (unpaired) electrons. The molecule has 0 fully saturated rings. The van der Waals surface area contributed by atoms with Crippen LogP contribution in [0.15, 0.2) is 23.8 Å². The minimum Gasteiger partial charge on any atom is -0.397 e. The molecule has 2 aromatic rings. The van der Waals surface area contributed by atoms with Gasteiger partial charge in [-0.1, -0.05) is 0 Å². The van der Waals surface area contributed by atoms with Crippen molar-refractivity contribution in [2.75, 3.05) is 5.73 Å². The van der Waals surface area contributed by atoms with Gasteiger partial charge in [-0.2, -0.15) is 0 Å². The molecular weight excluding hydrogens is 182 g/mol. The molecule has 0 spiro atoms. The van der Waals surface area contributed by atoms with Gasteiger partial charge in [0.25, 0.3) is 0 Å². The van der Waals surface area contributed by atoms with E-state index in [4.69, 9.17) is 5.73 Å². The first kappa shape index (κ1) is 8.19. The van der Waals surface area contributed by atoms with Gasteiger partial charge in [0.05, 0.1) is 21.8 Å². The molecule has 66 valence electrons. The lowest BCUT2D eigenvalue weighted by atomic mass is 10.2. The summed E-state index contributed by atoms with van der Waals surface area (Å²) in [5, 5.41) is 0. The van der Waals surface area contributed by atoms with Gasteiger partial charge in [-0.15, -0.1) is 11.3 Å². The third kappa shape index (κ3) is 1.40. The minimum absolute atomic E-state index is 0.704. The molecule has 0 unspecified atom stereocenters. The highest BCUT2D eigenvalue weighted by Crippen LogP contribution is 2.28. The quantitative estimate of drug-likeness (QED) is 0.751. The van der Waals surface area contributed by atoms with Crippen LogP contribution in [0.1, 0.15) is 5.69 Å². The van der Waals surface area contributed by atoms with E-state index in [0.29, 0.717) is 5.69 Å². The highest BCUT2D eigenvalue weighted by Gasteiger charge is 2.08. The maximum atomic E-state index is 5.80. The number of nitrogens with two attached hydrogens (primary N) is 1. The Kier molecular flexibility index (Phi) is 1.98. The number of hydrogen-bond acceptors (Lipinski definition) is 4. The molecule has 0 atom stereocenters. The summed E-state index contributed by atoms with van der Waals surface area (Å²) < 4.78 is 0. The van der Waals surface area contributed by atoms with E-state index in [0.717, 1.165) is 16.3 Å². The fourth-order valence-electron chi connectivity index (χ4n) is 1.14. The Bertz CT molecular complexity index is 422. The maximum absolute atomic E-state index is 5.80. The van der Waals surface area contributed by atoms with Crippen LogP contribution in [-0.4, -0.2) is 9.97 Å². The second kappa shape index (κ2) is 3.14. The topological polar surface area (TPSA) is 51.8 Å². The molecule has 2 rings (SSSR count). The largest absolute Gasteiger partial charge is 0.397 e. The first-order chi connectivity index (χ1) is 6.29. The summed E-state index contributed by atoms with van der Waals surface area (Å²) >= 11 is 1.56. The Morgan fingerprint density at radius 2 is 2.23 bits per heavy atom. The number of thiazole rings is 1. The molecular formula is C9H9N3S. The number of anilines is 1. The minimum atomic E-state index is 0.704. The van der Waals surface area contributed by atoms with E-state index in [1.165, 1.54) is 0 Å². The first-order valence-electron chi connectivity index (χ1n) is 3.90.